The van der Waals surface area contributed by atoms with Crippen molar-refractivity contribution in [1.82, 2.24) is 9.80 Å². The number of carbonyl (C=O) groups excluding carboxylic acids is 2. The summed E-state index contributed by atoms with van der Waals surface area (Å²) in [7, 11) is 2.08. The second-order valence-electron chi connectivity index (χ2n) is 4.23. The first-order valence-electron chi connectivity index (χ1n) is 5.82. The molecule has 6 nitrogen and oxygen atoms in total. The monoisotopic (exact) mass is 244 g/mol. The SMILES string of the molecule is CN1CCN(CCOC(=O)C(O)CC=O)CC1. The number of rotatable bonds is 6. The molecule has 0 radical (unpaired) electrons. The van der Waals surface area contributed by atoms with E-state index in [2.05, 4.69) is 16.8 Å². The second kappa shape index (κ2) is 7.37. The second-order valence-corrected chi connectivity index (χ2v) is 4.23. The van der Waals surface area contributed by atoms with Gasteiger partial charge in [-0.05, 0) is 7.05 Å². The molecule has 0 spiro atoms. The van der Waals surface area contributed by atoms with E-state index in [9.17, 15) is 9.59 Å². The highest BCUT2D eigenvalue weighted by atomic mass is 16.5. The third kappa shape index (κ3) is 5.25. The molecule has 0 saturated carbocycles. The van der Waals surface area contributed by atoms with E-state index in [1.807, 2.05) is 0 Å². The number of hydrogen-bond acceptors (Lipinski definition) is 6. The number of piperazine rings is 1. The van der Waals surface area contributed by atoms with Crippen molar-refractivity contribution in [1.29, 1.82) is 0 Å². The molecule has 0 aromatic carbocycles. The van der Waals surface area contributed by atoms with Crippen molar-refractivity contribution in [2.45, 2.75) is 12.5 Å². The maximum atomic E-state index is 11.2. The Morgan fingerprint density at radius 1 is 1.41 bits per heavy atom. The van der Waals surface area contributed by atoms with Crippen LogP contribution in [0.15, 0.2) is 0 Å². The molecule has 1 fully saturated rings. The summed E-state index contributed by atoms with van der Waals surface area (Å²) in [5, 5.41) is 9.16. The average molecular weight is 244 g/mol. The number of esters is 1. The molecule has 1 saturated heterocycles. The molecular weight excluding hydrogens is 224 g/mol. The highest BCUT2D eigenvalue weighted by Gasteiger charge is 2.17. The summed E-state index contributed by atoms with van der Waals surface area (Å²) in [6.45, 7) is 4.89. The molecule has 0 aromatic heterocycles. The molecule has 6 heteroatoms. The van der Waals surface area contributed by atoms with Crippen LogP contribution < -0.4 is 0 Å². The van der Waals surface area contributed by atoms with Gasteiger partial charge >= 0.3 is 5.97 Å². The van der Waals surface area contributed by atoms with Crippen molar-refractivity contribution in [3.05, 3.63) is 0 Å². The molecule has 1 rings (SSSR count). The number of nitrogens with zero attached hydrogens (tertiary/aromatic N) is 2. The molecule has 0 aromatic rings. The smallest absolute Gasteiger partial charge is 0.335 e. The fraction of sp³-hybridized carbons (Fsp3) is 0.818. The minimum atomic E-state index is -1.32. The van der Waals surface area contributed by atoms with Crippen LogP contribution in [-0.4, -0.2) is 79.6 Å². The van der Waals surface area contributed by atoms with Gasteiger partial charge in [-0.15, -0.1) is 0 Å². The third-order valence-corrected chi connectivity index (χ3v) is 2.84. The summed E-state index contributed by atoms with van der Waals surface area (Å²) < 4.78 is 4.88. The van der Waals surface area contributed by atoms with Crippen LogP contribution in [0.1, 0.15) is 6.42 Å². The van der Waals surface area contributed by atoms with Gasteiger partial charge < -0.3 is 19.5 Å². The van der Waals surface area contributed by atoms with E-state index in [0.29, 0.717) is 12.8 Å². The van der Waals surface area contributed by atoms with Crippen LogP contribution in [0.25, 0.3) is 0 Å². The van der Waals surface area contributed by atoms with Crippen LogP contribution in [0.4, 0.5) is 0 Å². The van der Waals surface area contributed by atoms with Gasteiger partial charge in [-0.25, -0.2) is 4.79 Å². The Balaban J connectivity index is 2.11. The number of likely N-dealkylation sites (N-methyl/N-ethyl adjacent to an activating group) is 1. The molecular formula is C11H20N2O4. The molecule has 17 heavy (non-hydrogen) atoms. The van der Waals surface area contributed by atoms with E-state index >= 15 is 0 Å². The zero-order chi connectivity index (χ0) is 12.7. The van der Waals surface area contributed by atoms with Gasteiger partial charge in [0.25, 0.3) is 0 Å². The lowest BCUT2D eigenvalue weighted by molar-refractivity contribution is -0.155. The predicted octanol–water partition coefficient (Wildman–Crippen LogP) is -1.27. The van der Waals surface area contributed by atoms with E-state index in [0.717, 1.165) is 26.2 Å². The Morgan fingerprint density at radius 2 is 2.06 bits per heavy atom. The topological polar surface area (TPSA) is 70.1 Å². The summed E-state index contributed by atoms with van der Waals surface area (Å²) in [6, 6.07) is 0. The number of hydrogen-bond donors (Lipinski definition) is 1. The van der Waals surface area contributed by atoms with Gasteiger partial charge in [-0.1, -0.05) is 0 Å². The molecule has 1 unspecified atom stereocenters. The Hall–Kier alpha value is -0.980. The zero-order valence-electron chi connectivity index (χ0n) is 10.2. The van der Waals surface area contributed by atoms with Gasteiger partial charge in [0.05, 0.1) is 0 Å². The average Bonchev–Trinajstić information content (AvgIpc) is 2.32. The van der Waals surface area contributed by atoms with Crippen LogP contribution in [0.2, 0.25) is 0 Å². The Morgan fingerprint density at radius 3 is 2.65 bits per heavy atom. The van der Waals surface area contributed by atoms with Gasteiger partial charge in [0.2, 0.25) is 0 Å². The van der Waals surface area contributed by atoms with Crippen LogP contribution >= 0.6 is 0 Å². The maximum Gasteiger partial charge on any atom is 0.335 e. The fourth-order valence-electron chi connectivity index (χ4n) is 1.63. The normalized spacial score (nSPS) is 19.9. The van der Waals surface area contributed by atoms with E-state index < -0.39 is 12.1 Å². The maximum absolute atomic E-state index is 11.2. The summed E-state index contributed by atoms with van der Waals surface area (Å²) in [6.07, 6.45) is -1.01. The first-order chi connectivity index (χ1) is 8.13. The molecule has 1 aliphatic rings. The van der Waals surface area contributed by atoms with E-state index in [1.54, 1.807) is 0 Å². The van der Waals surface area contributed by atoms with Crippen LogP contribution in [-0.2, 0) is 14.3 Å². The number of ether oxygens (including phenoxy) is 1. The minimum absolute atomic E-state index is 0.201. The van der Waals surface area contributed by atoms with Crippen molar-refractivity contribution in [2.24, 2.45) is 0 Å². The first-order valence-corrected chi connectivity index (χ1v) is 5.82. The lowest BCUT2D eigenvalue weighted by atomic mass is 10.3. The Labute approximate surface area is 101 Å². The highest BCUT2D eigenvalue weighted by Crippen LogP contribution is 1.99. The summed E-state index contributed by atoms with van der Waals surface area (Å²) in [4.78, 5) is 25.7. The van der Waals surface area contributed by atoms with Gasteiger partial charge in [0, 0.05) is 39.1 Å². The largest absolute Gasteiger partial charge is 0.462 e. The van der Waals surface area contributed by atoms with Crippen molar-refractivity contribution >= 4 is 12.3 Å². The molecule has 98 valence electrons. The molecule has 0 bridgehead atoms. The number of aliphatic hydroxyl groups is 1. The van der Waals surface area contributed by atoms with Crippen LogP contribution in [0.5, 0.6) is 0 Å². The van der Waals surface area contributed by atoms with E-state index in [-0.39, 0.29) is 13.0 Å². The Bertz CT molecular complexity index is 252. The zero-order valence-corrected chi connectivity index (χ0v) is 10.2. The molecule has 1 N–H and O–H groups in total. The van der Waals surface area contributed by atoms with Crippen LogP contribution in [0, 0.1) is 0 Å². The lowest BCUT2D eigenvalue weighted by Crippen LogP contribution is -2.45. The summed E-state index contributed by atoms with van der Waals surface area (Å²) in [5.41, 5.74) is 0. The lowest BCUT2D eigenvalue weighted by Gasteiger charge is -2.32. The van der Waals surface area contributed by atoms with E-state index in [1.165, 1.54) is 0 Å². The predicted molar refractivity (Wildman–Crippen MR) is 61.6 cm³/mol. The number of aliphatic hydroxyl groups excluding tert-OH is 1. The molecule has 1 atom stereocenters. The Kier molecular flexibility index (Phi) is 6.10. The van der Waals surface area contributed by atoms with E-state index in [4.69, 9.17) is 9.84 Å². The fourth-order valence-corrected chi connectivity index (χ4v) is 1.63. The van der Waals surface area contributed by atoms with Crippen molar-refractivity contribution < 1.29 is 19.4 Å². The van der Waals surface area contributed by atoms with Crippen LogP contribution in [0.3, 0.4) is 0 Å². The quantitative estimate of drug-likeness (QED) is 0.464. The van der Waals surface area contributed by atoms with Crippen molar-refractivity contribution in [3.8, 4) is 0 Å². The van der Waals surface area contributed by atoms with Gasteiger partial charge in [0.15, 0.2) is 6.10 Å². The molecule has 0 aliphatic carbocycles. The molecule has 0 amide bonds. The van der Waals surface area contributed by atoms with Crippen molar-refractivity contribution in [2.75, 3.05) is 46.4 Å². The highest BCUT2D eigenvalue weighted by molar-refractivity contribution is 5.77. The van der Waals surface area contributed by atoms with Gasteiger partial charge in [0.1, 0.15) is 12.9 Å². The standard InChI is InChI=1S/C11H20N2O4/c1-12-3-5-13(6-4-12)7-9-17-11(16)10(15)2-8-14/h8,10,15H,2-7,9H2,1H3. The van der Waals surface area contributed by atoms with Crippen molar-refractivity contribution in [3.63, 3.8) is 0 Å². The summed E-state index contributed by atoms with van der Waals surface area (Å²) >= 11 is 0. The number of aldehydes is 1. The van der Waals surface area contributed by atoms with Gasteiger partial charge in [-0.2, -0.15) is 0 Å². The third-order valence-electron chi connectivity index (χ3n) is 2.84. The van der Waals surface area contributed by atoms with Gasteiger partial charge in [-0.3, -0.25) is 4.90 Å². The molecule has 1 aliphatic heterocycles. The minimum Gasteiger partial charge on any atom is -0.462 e. The first kappa shape index (κ1) is 14.1. The summed E-state index contributed by atoms with van der Waals surface area (Å²) in [5.74, 6) is -0.716. The number of carbonyl (C=O) groups is 2. The molecule has 1 heterocycles.